The van der Waals surface area contributed by atoms with E-state index < -0.39 is 17.1 Å². The zero-order chi connectivity index (χ0) is 28.9. The van der Waals surface area contributed by atoms with Gasteiger partial charge in [-0.15, -0.1) is 11.8 Å². The second-order valence-corrected chi connectivity index (χ2v) is 10.9. The Kier molecular flexibility index (Phi) is 8.38. The molecule has 0 radical (unpaired) electrons. The van der Waals surface area contributed by atoms with E-state index in [4.69, 9.17) is 11.6 Å². The number of amides is 2. The van der Waals surface area contributed by atoms with E-state index in [2.05, 4.69) is 10.6 Å². The summed E-state index contributed by atoms with van der Waals surface area (Å²) in [5.74, 6) is -1.70. The van der Waals surface area contributed by atoms with Gasteiger partial charge in [0.15, 0.2) is 0 Å². The number of hydrogen-bond donors (Lipinski definition) is 3. The van der Waals surface area contributed by atoms with Gasteiger partial charge in [0.2, 0.25) is 5.91 Å². The van der Waals surface area contributed by atoms with Crippen molar-refractivity contribution >= 4 is 63.3 Å². The van der Waals surface area contributed by atoms with E-state index in [-0.39, 0.29) is 17.0 Å². The summed E-state index contributed by atoms with van der Waals surface area (Å²) >= 11 is 7.64. The molecule has 0 aromatic heterocycles. The number of hydrogen-bond acceptors (Lipinski definition) is 4. The van der Waals surface area contributed by atoms with Gasteiger partial charge in [-0.1, -0.05) is 72.3 Å². The summed E-state index contributed by atoms with van der Waals surface area (Å²) in [6, 6.07) is 32.1. The molecular formula is C33H25ClN2O4S. The number of carbonyl (C=O) groups excluding carboxylic acids is 2. The lowest BCUT2D eigenvalue weighted by atomic mass is 9.98. The van der Waals surface area contributed by atoms with Gasteiger partial charge in [-0.3, -0.25) is 9.59 Å². The molecule has 3 N–H and O–H groups in total. The summed E-state index contributed by atoms with van der Waals surface area (Å²) in [6.45, 7) is 1.90. The van der Waals surface area contributed by atoms with Crippen molar-refractivity contribution in [2.45, 2.75) is 17.1 Å². The van der Waals surface area contributed by atoms with Crippen LogP contribution in [0.4, 0.5) is 11.4 Å². The maximum absolute atomic E-state index is 13.4. The lowest BCUT2D eigenvalue weighted by Gasteiger charge is -2.18. The maximum atomic E-state index is 13.4. The number of carbonyl (C=O) groups is 3. The predicted octanol–water partition coefficient (Wildman–Crippen LogP) is 8.22. The minimum atomic E-state index is -1.10. The average molecular weight is 581 g/mol. The lowest BCUT2D eigenvalue weighted by Crippen LogP contribution is -2.19. The smallest absolute Gasteiger partial charge is 0.336 e. The molecule has 1 atom stereocenters. The molecular weight excluding hydrogens is 556 g/mol. The highest BCUT2D eigenvalue weighted by Crippen LogP contribution is 2.37. The van der Waals surface area contributed by atoms with Crippen LogP contribution in [0.5, 0.6) is 0 Å². The first-order valence-electron chi connectivity index (χ1n) is 12.8. The van der Waals surface area contributed by atoms with Gasteiger partial charge in [0.25, 0.3) is 5.91 Å². The molecule has 5 rings (SSSR count). The van der Waals surface area contributed by atoms with E-state index in [0.29, 0.717) is 27.2 Å². The van der Waals surface area contributed by atoms with Crippen molar-refractivity contribution in [2.24, 2.45) is 0 Å². The number of aryl methyl sites for hydroxylation is 1. The number of carboxylic acid groups (broad SMARTS) is 1. The first kappa shape index (κ1) is 28.0. The number of rotatable bonds is 8. The molecule has 0 saturated heterocycles. The van der Waals surface area contributed by atoms with Crippen molar-refractivity contribution in [2.75, 3.05) is 10.6 Å². The van der Waals surface area contributed by atoms with Crippen LogP contribution in [0, 0.1) is 6.92 Å². The zero-order valence-corrected chi connectivity index (χ0v) is 23.5. The number of fused-ring (bicyclic) bond motifs is 1. The normalized spacial score (nSPS) is 11.6. The first-order chi connectivity index (χ1) is 19.8. The molecule has 0 aliphatic carbocycles. The van der Waals surface area contributed by atoms with E-state index >= 15 is 0 Å². The monoisotopic (exact) mass is 580 g/mol. The molecule has 0 fully saturated rings. The highest BCUT2D eigenvalue weighted by molar-refractivity contribution is 8.00. The van der Waals surface area contributed by atoms with Crippen LogP contribution < -0.4 is 10.6 Å². The molecule has 204 valence electrons. The van der Waals surface area contributed by atoms with Gasteiger partial charge in [0.05, 0.1) is 5.56 Å². The minimum Gasteiger partial charge on any atom is -0.478 e. The van der Waals surface area contributed by atoms with Crippen molar-refractivity contribution in [1.82, 2.24) is 0 Å². The Balaban J connectivity index is 1.35. The Labute approximate surface area is 246 Å². The fourth-order valence-corrected chi connectivity index (χ4v) is 5.64. The lowest BCUT2D eigenvalue weighted by molar-refractivity contribution is -0.115. The van der Waals surface area contributed by atoms with Crippen LogP contribution in [0.2, 0.25) is 5.02 Å². The van der Waals surface area contributed by atoms with E-state index in [9.17, 15) is 19.5 Å². The fraction of sp³-hybridized carbons (Fsp3) is 0.0606. The second-order valence-electron chi connectivity index (χ2n) is 9.35. The van der Waals surface area contributed by atoms with Gasteiger partial charge in [-0.2, -0.15) is 0 Å². The summed E-state index contributed by atoms with van der Waals surface area (Å²) in [6.07, 6.45) is 0. The van der Waals surface area contributed by atoms with E-state index in [1.54, 1.807) is 48.5 Å². The number of aromatic carboxylic acids is 1. The highest BCUT2D eigenvalue weighted by atomic mass is 35.5. The molecule has 1 unspecified atom stereocenters. The van der Waals surface area contributed by atoms with Crippen LogP contribution in [0.3, 0.4) is 0 Å². The summed E-state index contributed by atoms with van der Waals surface area (Å²) in [5, 5.41) is 16.6. The van der Waals surface area contributed by atoms with E-state index in [1.165, 1.54) is 17.8 Å². The van der Waals surface area contributed by atoms with Crippen LogP contribution in [0.25, 0.3) is 10.8 Å². The first-order valence-corrected chi connectivity index (χ1v) is 14.0. The second kappa shape index (κ2) is 12.3. The summed E-state index contributed by atoms with van der Waals surface area (Å²) in [7, 11) is 0. The van der Waals surface area contributed by atoms with Crippen molar-refractivity contribution in [3.8, 4) is 0 Å². The number of anilines is 2. The predicted molar refractivity (Wildman–Crippen MR) is 165 cm³/mol. The summed E-state index contributed by atoms with van der Waals surface area (Å²) < 4.78 is 0. The Morgan fingerprint density at radius 1 is 0.756 bits per heavy atom. The van der Waals surface area contributed by atoms with Gasteiger partial charge in [0.1, 0.15) is 5.25 Å². The van der Waals surface area contributed by atoms with Gasteiger partial charge < -0.3 is 15.7 Å². The topological polar surface area (TPSA) is 95.5 Å². The molecule has 8 heteroatoms. The van der Waals surface area contributed by atoms with Crippen molar-refractivity contribution in [3.63, 3.8) is 0 Å². The third kappa shape index (κ3) is 6.43. The Morgan fingerprint density at radius 3 is 2.07 bits per heavy atom. The quantitative estimate of drug-likeness (QED) is 0.161. The van der Waals surface area contributed by atoms with Gasteiger partial charge in [-0.05, 0) is 72.0 Å². The fourth-order valence-electron chi connectivity index (χ4n) is 4.44. The van der Waals surface area contributed by atoms with Gasteiger partial charge >= 0.3 is 5.97 Å². The maximum Gasteiger partial charge on any atom is 0.336 e. The molecule has 41 heavy (non-hydrogen) atoms. The number of benzene rings is 5. The van der Waals surface area contributed by atoms with E-state index in [1.807, 2.05) is 61.5 Å². The SMILES string of the molecule is Cc1ccc(NC(=O)C(Sc2ccc(NC(=O)c3cccc4cccc(C(=O)O)c34)cc2)c2ccccc2)cc1Cl. The molecule has 2 amide bonds. The largest absolute Gasteiger partial charge is 0.478 e. The molecule has 0 aliphatic heterocycles. The number of halogens is 1. The standard InChI is InChI=1S/C33H25ClN2O4S/c1-20-13-14-24(19-28(20)34)36-32(38)30(22-7-3-2-4-8-22)41-25-17-15-23(16-18-25)35-31(37)26-11-5-9-21-10-6-12-27(29(21)26)33(39)40/h2-19,30H,1H3,(H,35,37)(H,36,38)(H,39,40). The summed E-state index contributed by atoms with van der Waals surface area (Å²) in [4.78, 5) is 39.2. The van der Waals surface area contributed by atoms with Gasteiger partial charge in [0, 0.05) is 32.2 Å². The number of nitrogens with one attached hydrogen (secondary N) is 2. The number of thioether (sulfide) groups is 1. The molecule has 5 aromatic carbocycles. The summed E-state index contributed by atoms with van der Waals surface area (Å²) in [5.41, 5.74) is 3.27. The van der Waals surface area contributed by atoms with Crippen molar-refractivity contribution < 1.29 is 19.5 Å². The van der Waals surface area contributed by atoms with Crippen molar-refractivity contribution in [1.29, 1.82) is 0 Å². The van der Waals surface area contributed by atoms with Crippen LogP contribution in [-0.2, 0) is 4.79 Å². The number of carboxylic acids is 1. The van der Waals surface area contributed by atoms with Crippen LogP contribution in [0.15, 0.2) is 114 Å². The molecule has 0 aliphatic rings. The van der Waals surface area contributed by atoms with E-state index in [0.717, 1.165) is 16.0 Å². The van der Waals surface area contributed by atoms with Crippen molar-refractivity contribution in [3.05, 3.63) is 136 Å². The molecule has 5 aromatic rings. The van der Waals surface area contributed by atoms with Crippen LogP contribution in [-0.4, -0.2) is 22.9 Å². The van der Waals surface area contributed by atoms with Crippen LogP contribution in [0.1, 0.15) is 37.1 Å². The minimum absolute atomic E-state index is 0.0677. The Bertz CT molecular complexity index is 1750. The molecule has 0 saturated carbocycles. The average Bonchev–Trinajstić information content (AvgIpc) is 2.98. The Morgan fingerprint density at radius 2 is 1.41 bits per heavy atom. The molecule has 6 nitrogen and oxygen atoms in total. The molecule has 0 spiro atoms. The van der Waals surface area contributed by atoms with Crippen LogP contribution >= 0.6 is 23.4 Å². The zero-order valence-electron chi connectivity index (χ0n) is 21.9. The molecule has 0 bridgehead atoms. The van der Waals surface area contributed by atoms with Gasteiger partial charge in [-0.25, -0.2) is 4.79 Å². The third-order valence-corrected chi connectivity index (χ3v) is 8.20. The Hall–Kier alpha value is -4.59. The highest BCUT2D eigenvalue weighted by Gasteiger charge is 2.23. The third-order valence-electron chi connectivity index (χ3n) is 6.53. The molecule has 0 heterocycles.